The van der Waals surface area contributed by atoms with E-state index in [1.807, 2.05) is 6.92 Å². The number of amides is 2. The molecule has 0 aromatic heterocycles. The standard InChI is InChI=1S/C22H27ClN4O5S/c1-5-19(33(31,32)14-8-6-13(4)7-9-14)21(29)25-16-11-18(28)17(10-15(16)23)26-22(30)20(27-24)12(2)3/h6-12,19,28H,5,24H2,1-4H3,(H,25,29)(H,26,30). The van der Waals surface area contributed by atoms with Crippen LogP contribution in [-0.4, -0.2) is 36.3 Å². The van der Waals surface area contributed by atoms with E-state index in [-0.39, 0.29) is 39.3 Å². The second-order valence-electron chi connectivity index (χ2n) is 7.72. The number of hydrogen-bond acceptors (Lipinski definition) is 7. The molecular formula is C22H27ClN4O5S. The summed E-state index contributed by atoms with van der Waals surface area (Å²) in [6.07, 6.45) is 0.0240. The van der Waals surface area contributed by atoms with Crippen molar-refractivity contribution in [2.24, 2.45) is 16.9 Å². The maximum absolute atomic E-state index is 13.0. The smallest absolute Gasteiger partial charge is 0.272 e. The van der Waals surface area contributed by atoms with Gasteiger partial charge in [-0.15, -0.1) is 0 Å². The minimum absolute atomic E-state index is 0.00806. The van der Waals surface area contributed by atoms with Crippen molar-refractivity contribution in [3.63, 3.8) is 0 Å². The molecule has 0 heterocycles. The quantitative estimate of drug-likeness (QED) is 0.191. The molecule has 0 saturated heterocycles. The van der Waals surface area contributed by atoms with Gasteiger partial charge in [0.15, 0.2) is 9.84 Å². The van der Waals surface area contributed by atoms with Crippen molar-refractivity contribution >= 4 is 50.3 Å². The van der Waals surface area contributed by atoms with Gasteiger partial charge in [0.2, 0.25) is 5.91 Å². The number of carbonyl (C=O) groups excluding carboxylic acids is 2. The third-order valence-electron chi connectivity index (χ3n) is 4.90. The van der Waals surface area contributed by atoms with Gasteiger partial charge < -0.3 is 21.6 Å². The lowest BCUT2D eigenvalue weighted by Gasteiger charge is -2.18. The molecule has 0 radical (unpaired) electrons. The van der Waals surface area contributed by atoms with Gasteiger partial charge in [0.25, 0.3) is 5.91 Å². The van der Waals surface area contributed by atoms with Crippen LogP contribution in [0.3, 0.4) is 0 Å². The summed E-state index contributed by atoms with van der Waals surface area (Å²) in [5.41, 5.74) is 0.921. The maximum atomic E-state index is 13.0. The Hall–Kier alpha value is -3.11. The van der Waals surface area contributed by atoms with Crippen LogP contribution in [0.15, 0.2) is 46.4 Å². The van der Waals surface area contributed by atoms with E-state index in [4.69, 9.17) is 17.4 Å². The molecule has 11 heteroatoms. The van der Waals surface area contributed by atoms with Gasteiger partial charge in [0, 0.05) is 12.0 Å². The van der Waals surface area contributed by atoms with Gasteiger partial charge in [-0.3, -0.25) is 9.59 Å². The molecule has 2 aromatic carbocycles. The molecule has 5 N–H and O–H groups in total. The van der Waals surface area contributed by atoms with Crippen LogP contribution in [-0.2, 0) is 19.4 Å². The normalized spacial score (nSPS) is 13.0. The summed E-state index contributed by atoms with van der Waals surface area (Å²) in [5.74, 6) is 3.18. The van der Waals surface area contributed by atoms with Crippen molar-refractivity contribution < 1.29 is 23.1 Å². The first-order valence-electron chi connectivity index (χ1n) is 10.1. The number of nitrogens with two attached hydrogens (primary N) is 1. The summed E-state index contributed by atoms with van der Waals surface area (Å²) in [5, 5.41) is 17.3. The minimum atomic E-state index is -3.95. The van der Waals surface area contributed by atoms with Crippen LogP contribution in [0.5, 0.6) is 5.75 Å². The van der Waals surface area contributed by atoms with Crippen molar-refractivity contribution in [1.82, 2.24) is 0 Å². The van der Waals surface area contributed by atoms with Crippen molar-refractivity contribution in [2.45, 2.75) is 44.3 Å². The van der Waals surface area contributed by atoms with Crippen LogP contribution in [0, 0.1) is 12.8 Å². The van der Waals surface area contributed by atoms with Gasteiger partial charge in [-0.05, 0) is 31.5 Å². The second-order valence-corrected chi connectivity index (χ2v) is 10.3. The molecule has 0 bridgehead atoms. The number of aryl methyl sites for hydroxylation is 1. The summed E-state index contributed by atoms with van der Waals surface area (Å²) in [6, 6.07) is 8.56. The van der Waals surface area contributed by atoms with Crippen molar-refractivity contribution in [2.75, 3.05) is 10.6 Å². The van der Waals surface area contributed by atoms with E-state index >= 15 is 0 Å². The molecule has 0 spiro atoms. The largest absolute Gasteiger partial charge is 0.506 e. The van der Waals surface area contributed by atoms with Gasteiger partial charge in [-0.1, -0.05) is 50.1 Å². The van der Waals surface area contributed by atoms with E-state index in [0.29, 0.717) is 0 Å². The number of carbonyl (C=O) groups is 2. The van der Waals surface area contributed by atoms with Gasteiger partial charge in [0.05, 0.1) is 21.3 Å². The Morgan fingerprint density at radius 1 is 1.12 bits per heavy atom. The zero-order valence-corrected chi connectivity index (χ0v) is 20.3. The Balaban J connectivity index is 2.27. The molecule has 9 nitrogen and oxygen atoms in total. The fourth-order valence-electron chi connectivity index (χ4n) is 3.07. The molecule has 2 amide bonds. The van der Waals surface area contributed by atoms with E-state index in [1.54, 1.807) is 32.9 Å². The van der Waals surface area contributed by atoms with Crippen LogP contribution >= 0.6 is 11.6 Å². The van der Waals surface area contributed by atoms with Gasteiger partial charge in [0.1, 0.15) is 16.7 Å². The fourth-order valence-corrected chi connectivity index (χ4v) is 4.90. The monoisotopic (exact) mass is 494 g/mol. The van der Waals surface area contributed by atoms with Crippen molar-refractivity contribution in [3.8, 4) is 5.75 Å². The average Bonchev–Trinajstić information content (AvgIpc) is 2.72. The highest BCUT2D eigenvalue weighted by Crippen LogP contribution is 2.34. The summed E-state index contributed by atoms with van der Waals surface area (Å²) >= 11 is 6.22. The summed E-state index contributed by atoms with van der Waals surface area (Å²) < 4.78 is 25.9. The number of sulfone groups is 1. The van der Waals surface area contributed by atoms with Crippen molar-refractivity contribution in [3.05, 3.63) is 47.0 Å². The minimum Gasteiger partial charge on any atom is -0.506 e. The zero-order valence-electron chi connectivity index (χ0n) is 18.7. The maximum Gasteiger partial charge on any atom is 0.272 e. The van der Waals surface area contributed by atoms with E-state index in [2.05, 4.69) is 15.7 Å². The number of halogens is 1. The Kier molecular flexibility index (Phi) is 8.45. The van der Waals surface area contributed by atoms with Crippen molar-refractivity contribution in [1.29, 1.82) is 0 Å². The number of nitrogens with zero attached hydrogens (tertiary/aromatic N) is 1. The summed E-state index contributed by atoms with van der Waals surface area (Å²) in [6.45, 7) is 6.86. The van der Waals surface area contributed by atoms with Crippen LogP contribution < -0.4 is 16.5 Å². The lowest BCUT2D eigenvalue weighted by molar-refractivity contribution is -0.116. The highest BCUT2D eigenvalue weighted by molar-refractivity contribution is 7.92. The fraction of sp³-hybridized carbons (Fsp3) is 0.318. The van der Waals surface area contributed by atoms with Crippen LogP contribution in [0.25, 0.3) is 0 Å². The molecule has 1 unspecified atom stereocenters. The molecule has 0 aliphatic rings. The van der Waals surface area contributed by atoms with E-state index < -0.39 is 32.7 Å². The molecule has 0 aliphatic carbocycles. The molecule has 2 aromatic rings. The van der Waals surface area contributed by atoms with Gasteiger partial charge in [-0.2, -0.15) is 5.10 Å². The van der Waals surface area contributed by atoms with Gasteiger partial charge in [-0.25, -0.2) is 8.42 Å². The third kappa shape index (κ3) is 6.02. The predicted octanol–water partition coefficient (Wildman–Crippen LogP) is 3.45. The highest BCUT2D eigenvalue weighted by atomic mass is 35.5. The van der Waals surface area contributed by atoms with Crippen LogP contribution in [0.4, 0.5) is 11.4 Å². The molecule has 1 atom stereocenters. The number of phenolic OH excluding ortho intramolecular Hbond substituents is 1. The lowest BCUT2D eigenvalue weighted by Crippen LogP contribution is -2.34. The lowest BCUT2D eigenvalue weighted by atomic mass is 10.1. The van der Waals surface area contributed by atoms with E-state index in [0.717, 1.165) is 11.6 Å². The Morgan fingerprint density at radius 3 is 2.24 bits per heavy atom. The summed E-state index contributed by atoms with van der Waals surface area (Å²) in [7, 11) is -3.95. The second kappa shape index (κ2) is 10.7. The first-order chi connectivity index (χ1) is 15.4. The number of nitrogens with one attached hydrogen (secondary N) is 2. The average molecular weight is 495 g/mol. The van der Waals surface area contributed by atoms with Gasteiger partial charge >= 0.3 is 0 Å². The van der Waals surface area contributed by atoms with E-state index in [9.17, 15) is 23.1 Å². The van der Waals surface area contributed by atoms with E-state index in [1.165, 1.54) is 18.2 Å². The Morgan fingerprint density at radius 2 is 1.73 bits per heavy atom. The summed E-state index contributed by atoms with van der Waals surface area (Å²) in [4.78, 5) is 25.2. The van der Waals surface area contributed by atoms with Crippen LogP contribution in [0.2, 0.25) is 5.02 Å². The number of anilines is 2. The number of rotatable bonds is 8. The molecule has 0 fully saturated rings. The predicted molar refractivity (Wildman–Crippen MR) is 129 cm³/mol. The third-order valence-corrected chi connectivity index (χ3v) is 7.44. The number of phenols is 1. The van der Waals surface area contributed by atoms with Crippen LogP contribution in [0.1, 0.15) is 32.8 Å². The SMILES string of the molecule is CCC(C(=O)Nc1cc(O)c(NC(=O)C(=NN)C(C)C)cc1Cl)S(=O)(=O)c1ccc(C)cc1. The number of hydrazone groups is 1. The number of hydrogen-bond donors (Lipinski definition) is 4. The number of aromatic hydroxyl groups is 1. The molecule has 0 saturated carbocycles. The topological polar surface area (TPSA) is 151 Å². The first kappa shape index (κ1) is 26.1. The number of benzene rings is 2. The Bertz CT molecular complexity index is 1180. The highest BCUT2D eigenvalue weighted by Gasteiger charge is 2.33. The molecule has 0 aliphatic heterocycles. The molecule has 33 heavy (non-hydrogen) atoms. The molecule has 178 valence electrons. The first-order valence-corrected chi connectivity index (χ1v) is 12.1. The molecule has 2 rings (SSSR count). The molecular weight excluding hydrogens is 468 g/mol. The Labute approximate surface area is 197 Å². The zero-order chi connectivity index (χ0) is 24.9.